The fraction of sp³-hybridized carbons (Fsp3) is 0.278. The van der Waals surface area contributed by atoms with Gasteiger partial charge in [0.15, 0.2) is 0 Å². The Labute approximate surface area is 147 Å². The molecule has 0 aromatic heterocycles. The number of aryl methyl sites for hydroxylation is 2. The average molecular weight is 363 g/mol. The zero-order valence-electron chi connectivity index (χ0n) is 14.4. The van der Waals surface area contributed by atoms with Crippen LogP contribution in [0.4, 0.5) is 5.69 Å². The lowest BCUT2D eigenvalue weighted by molar-refractivity contribution is -0.136. The first-order chi connectivity index (χ1) is 11.7. The number of benzene rings is 2. The Morgan fingerprint density at radius 2 is 1.92 bits per heavy atom. The molecule has 0 heterocycles. The van der Waals surface area contributed by atoms with Crippen molar-refractivity contribution in [1.29, 1.82) is 0 Å². The molecule has 2 aromatic rings. The van der Waals surface area contributed by atoms with Crippen molar-refractivity contribution in [3.8, 4) is 5.75 Å². The Balaban J connectivity index is 2.49. The molecule has 0 unspecified atom stereocenters. The largest absolute Gasteiger partial charge is 0.491 e. The van der Waals surface area contributed by atoms with E-state index in [1.165, 1.54) is 6.07 Å². The molecule has 0 saturated heterocycles. The van der Waals surface area contributed by atoms with Crippen LogP contribution in [0.2, 0.25) is 0 Å². The highest BCUT2D eigenvalue weighted by Crippen LogP contribution is 2.34. The highest BCUT2D eigenvalue weighted by atomic mass is 32.2. The van der Waals surface area contributed by atoms with Crippen LogP contribution in [0.5, 0.6) is 5.75 Å². The number of anilines is 1. The number of rotatable bonds is 7. The fourth-order valence-corrected chi connectivity index (χ4v) is 3.64. The summed E-state index contributed by atoms with van der Waals surface area (Å²) in [5, 5.41) is 9.12. The van der Waals surface area contributed by atoms with Crippen LogP contribution < -0.4 is 9.46 Å². The summed E-state index contributed by atoms with van der Waals surface area (Å²) in [5.74, 6) is -0.760. The van der Waals surface area contributed by atoms with Crippen LogP contribution in [-0.4, -0.2) is 26.1 Å². The van der Waals surface area contributed by atoms with E-state index in [0.717, 1.165) is 11.1 Å². The maximum absolute atomic E-state index is 12.6. The quantitative estimate of drug-likeness (QED) is 0.788. The van der Waals surface area contributed by atoms with Gasteiger partial charge in [0, 0.05) is 5.56 Å². The van der Waals surface area contributed by atoms with E-state index in [-0.39, 0.29) is 29.4 Å². The van der Waals surface area contributed by atoms with Gasteiger partial charge in [-0.05, 0) is 50.1 Å². The van der Waals surface area contributed by atoms with Gasteiger partial charge >= 0.3 is 5.97 Å². The number of carboxylic acids is 1. The van der Waals surface area contributed by atoms with Gasteiger partial charge in [-0.1, -0.05) is 18.2 Å². The van der Waals surface area contributed by atoms with Crippen LogP contribution >= 0.6 is 0 Å². The molecule has 0 bridgehead atoms. The van der Waals surface area contributed by atoms with Crippen molar-refractivity contribution in [3.05, 3.63) is 53.1 Å². The molecule has 0 aliphatic heterocycles. The molecule has 0 atom stereocenters. The maximum Gasteiger partial charge on any atom is 0.307 e. The first-order valence-corrected chi connectivity index (χ1v) is 9.29. The second-order valence-corrected chi connectivity index (χ2v) is 7.35. The molecular formula is C18H21NO5S. The number of carboxylic acid groups (broad SMARTS) is 1. The molecule has 2 rings (SSSR count). The normalized spacial score (nSPS) is 11.2. The second kappa shape index (κ2) is 7.57. The van der Waals surface area contributed by atoms with Crippen LogP contribution in [0, 0.1) is 13.8 Å². The smallest absolute Gasteiger partial charge is 0.307 e. The number of hydrogen-bond donors (Lipinski definition) is 2. The molecule has 25 heavy (non-hydrogen) atoms. The van der Waals surface area contributed by atoms with Gasteiger partial charge in [-0.3, -0.25) is 9.52 Å². The lowest BCUT2D eigenvalue weighted by atomic mass is 10.0. The highest BCUT2D eigenvalue weighted by molar-refractivity contribution is 7.92. The predicted molar refractivity (Wildman–Crippen MR) is 95.7 cm³/mol. The minimum atomic E-state index is -3.81. The van der Waals surface area contributed by atoms with Crippen molar-refractivity contribution < 1.29 is 23.1 Å². The van der Waals surface area contributed by atoms with Gasteiger partial charge in [-0.2, -0.15) is 0 Å². The number of carbonyl (C=O) groups is 1. The van der Waals surface area contributed by atoms with Crippen molar-refractivity contribution in [2.75, 3.05) is 11.3 Å². The SMILES string of the molecule is CCOc1c(NS(=O)(=O)c2cccc(C)c2)ccc(C)c1CC(=O)O. The molecule has 0 fully saturated rings. The van der Waals surface area contributed by atoms with E-state index >= 15 is 0 Å². The van der Waals surface area contributed by atoms with Gasteiger partial charge in [-0.25, -0.2) is 8.42 Å². The molecule has 0 aliphatic rings. The van der Waals surface area contributed by atoms with Gasteiger partial charge in [0.1, 0.15) is 5.75 Å². The van der Waals surface area contributed by atoms with Gasteiger partial charge in [0.05, 0.1) is 23.6 Å². The number of aliphatic carboxylic acids is 1. The molecule has 0 radical (unpaired) electrons. The molecule has 0 aliphatic carbocycles. The van der Waals surface area contributed by atoms with Gasteiger partial charge in [0.25, 0.3) is 10.0 Å². The van der Waals surface area contributed by atoms with Crippen LogP contribution in [-0.2, 0) is 21.2 Å². The van der Waals surface area contributed by atoms with Crippen molar-refractivity contribution in [3.63, 3.8) is 0 Å². The average Bonchev–Trinajstić information content (AvgIpc) is 2.53. The van der Waals surface area contributed by atoms with Crippen molar-refractivity contribution in [1.82, 2.24) is 0 Å². The minimum absolute atomic E-state index is 0.135. The Kier molecular flexibility index (Phi) is 5.69. The van der Waals surface area contributed by atoms with Crippen molar-refractivity contribution in [2.45, 2.75) is 32.1 Å². The molecule has 0 amide bonds. The lowest BCUT2D eigenvalue weighted by Gasteiger charge is -2.18. The molecule has 0 spiro atoms. The van der Waals surface area contributed by atoms with Gasteiger partial charge in [-0.15, -0.1) is 0 Å². The van der Waals surface area contributed by atoms with E-state index in [9.17, 15) is 13.2 Å². The number of ether oxygens (including phenoxy) is 1. The second-order valence-electron chi connectivity index (χ2n) is 5.66. The Bertz CT molecular complexity index is 890. The summed E-state index contributed by atoms with van der Waals surface area (Å²) in [5.41, 5.74) is 2.23. The van der Waals surface area contributed by atoms with E-state index in [4.69, 9.17) is 9.84 Å². The van der Waals surface area contributed by atoms with Crippen LogP contribution in [0.1, 0.15) is 23.6 Å². The first kappa shape index (κ1) is 18.8. The molecular weight excluding hydrogens is 342 g/mol. The Hall–Kier alpha value is -2.54. The number of nitrogens with one attached hydrogen (secondary N) is 1. The summed E-state index contributed by atoms with van der Waals surface area (Å²) in [6.07, 6.45) is -0.249. The molecule has 0 saturated carbocycles. The van der Waals surface area contributed by atoms with Gasteiger partial charge < -0.3 is 9.84 Å². The highest BCUT2D eigenvalue weighted by Gasteiger charge is 2.20. The monoisotopic (exact) mass is 363 g/mol. The zero-order chi connectivity index (χ0) is 18.6. The fourth-order valence-electron chi connectivity index (χ4n) is 2.47. The number of sulfonamides is 1. The summed E-state index contributed by atoms with van der Waals surface area (Å²) >= 11 is 0. The molecule has 6 nitrogen and oxygen atoms in total. The number of hydrogen-bond acceptors (Lipinski definition) is 4. The zero-order valence-corrected chi connectivity index (χ0v) is 15.2. The Morgan fingerprint density at radius 1 is 1.20 bits per heavy atom. The topological polar surface area (TPSA) is 92.7 Å². The molecule has 2 aromatic carbocycles. The van der Waals surface area contributed by atoms with Crippen LogP contribution in [0.3, 0.4) is 0 Å². The molecule has 134 valence electrons. The van der Waals surface area contributed by atoms with E-state index < -0.39 is 16.0 Å². The van der Waals surface area contributed by atoms with Crippen LogP contribution in [0.25, 0.3) is 0 Å². The van der Waals surface area contributed by atoms with Crippen molar-refractivity contribution >= 4 is 21.7 Å². The first-order valence-electron chi connectivity index (χ1n) is 7.81. The third-order valence-electron chi connectivity index (χ3n) is 3.66. The summed E-state index contributed by atoms with van der Waals surface area (Å²) in [6, 6.07) is 9.80. The molecule has 7 heteroatoms. The third-order valence-corrected chi connectivity index (χ3v) is 5.02. The van der Waals surface area contributed by atoms with E-state index in [1.54, 1.807) is 38.1 Å². The van der Waals surface area contributed by atoms with Gasteiger partial charge in [0.2, 0.25) is 0 Å². The summed E-state index contributed by atoms with van der Waals surface area (Å²) < 4.78 is 33.4. The van der Waals surface area contributed by atoms with E-state index in [0.29, 0.717) is 5.56 Å². The van der Waals surface area contributed by atoms with E-state index in [2.05, 4.69) is 4.72 Å². The standard InChI is InChI=1S/C18H21NO5S/c1-4-24-18-15(11-17(20)21)13(3)8-9-16(18)19-25(22,23)14-7-5-6-12(2)10-14/h5-10,19H,4,11H2,1-3H3,(H,20,21). The Morgan fingerprint density at radius 3 is 2.52 bits per heavy atom. The van der Waals surface area contributed by atoms with Crippen molar-refractivity contribution in [2.24, 2.45) is 0 Å². The molecule has 2 N–H and O–H groups in total. The van der Waals surface area contributed by atoms with Crippen LogP contribution in [0.15, 0.2) is 41.3 Å². The predicted octanol–water partition coefficient (Wildman–Crippen LogP) is 3.13. The summed E-state index contributed by atoms with van der Waals surface area (Å²) in [7, 11) is -3.81. The maximum atomic E-state index is 12.6. The third kappa shape index (κ3) is 4.51. The minimum Gasteiger partial charge on any atom is -0.491 e. The summed E-state index contributed by atoms with van der Waals surface area (Å²) in [6.45, 7) is 5.61. The lowest BCUT2D eigenvalue weighted by Crippen LogP contribution is -2.15. The van der Waals surface area contributed by atoms with E-state index in [1.807, 2.05) is 13.0 Å². The summed E-state index contributed by atoms with van der Waals surface area (Å²) in [4.78, 5) is 11.3.